The Balaban J connectivity index is 0.000000391. The van der Waals surface area contributed by atoms with Gasteiger partial charge in [0.2, 0.25) is 37.4 Å². The number of aromatic hydroxyl groups is 4. The molecule has 1 aliphatic heterocycles. The fraction of sp³-hybridized carbons (Fsp3) is 0.424. The summed E-state index contributed by atoms with van der Waals surface area (Å²) in [4.78, 5) is 99.4. The molecule has 0 spiro atoms. The lowest BCUT2D eigenvalue weighted by molar-refractivity contribution is -0.479. The van der Waals surface area contributed by atoms with E-state index in [9.17, 15) is 90.0 Å². The molecule has 28 nitrogen and oxygen atoms in total. The van der Waals surface area contributed by atoms with Crippen LogP contribution in [0.4, 0.5) is 0 Å². The molecule has 0 amide bonds. The summed E-state index contributed by atoms with van der Waals surface area (Å²) in [6.45, 7) is -4.46. The van der Waals surface area contributed by atoms with Gasteiger partial charge in [-0.2, -0.15) is 0 Å². The third-order valence-electron chi connectivity index (χ3n) is 7.90. The van der Waals surface area contributed by atoms with E-state index in [2.05, 4.69) is 0 Å². The number of esters is 4. The summed E-state index contributed by atoms with van der Waals surface area (Å²) in [6, 6.07) is 7.64. The van der Waals surface area contributed by atoms with Gasteiger partial charge in [0.15, 0.2) is 41.9 Å². The highest BCUT2D eigenvalue weighted by Crippen LogP contribution is 2.36. The van der Waals surface area contributed by atoms with Crippen LogP contribution in [-0.4, -0.2) is 133 Å². The van der Waals surface area contributed by atoms with Crippen molar-refractivity contribution in [2.24, 2.45) is 0 Å². The van der Waals surface area contributed by atoms with Crippen LogP contribution in [0, 0.1) is 40.5 Å². The van der Waals surface area contributed by atoms with Gasteiger partial charge in [-0.05, 0) is 30.3 Å². The van der Waals surface area contributed by atoms with Crippen molar-refractivity contribution < 1.29 is 92.5 Å². The highest BCUT2D eigenvalue weighted by molar-refractivity contribution is 5.83. The fourth-order valence-electron chi connectivity index (χ4n) is 5.07. The number of ether oxygens (including phenoxy) is 5. The van der Waals surface area contributed by atoms with Crippen molar-refractivity contribution in [2.45, 2.75) is 56.4 Å². The second kappa shape index (κ2) is 21.9. The van der Waals surface area contributed by atoms with Gasteiger partial charge in [-0.15, -0.1) is 0 Å². The van der Waals surface area contributed by atoms with Gasteiger partial charge in [0.05, 0.1) is 5.39 Å². The largest absolute Gasteiger partial charge is 0.508 e. The molecular weight excluding hydrogens is 836 g/mol. The zero-order chi connectivity index (χ0) is 45.6. The van der Waals surface area contributed by atoms with Crippen molar-refractivity contribution in [3.05, 3.63) is 87.1 Å². The number of nitrogens with zero attached hydrogens (tertiary/aromatic N) is 4. The van der Waals surface area contributed by atoms with Crippen LogP contribution in [0.1, 0.15) is 25.7 Å². The number of phenolic OH excluding ortho intramolecular Hbond substituents is 3. The average Bonchev–Trinajstić information content (AvgIpc) is 3.18. The number of aliphatic hydroxyl groups excluding tert-OH is 1. The first kappa shape index (κ1) is 47.6. The molecule has 330 valence electrons. The van der Waals surface area contributed by atoms with E-state index in [1.165, 1.54) is 30.3 Å². The van der Waals surface area contributed by atoms with Crippen molar-refractivity contribution in [3.8, 4) is 34.3 Å². The van der Waals surface area contributed by atoms with Crippen molar-refractivity contribution >= 4 is 34.8 Å². The van der Waals surface area contributed by atoms with E-state index >= 15 is 0 Å². The lowest BCUT2D eigenvalue weighted by Gasteiger charge is -2.42. The molecular formula is C33H34N4O24. The second-order valence-electron chi connectivity index (χ2n) is 12.3. The summed E-state index contributed by atoms with van der Waals surface area (Å²) in [5.41, 5.74) is -0.343. The Labute approximate surface area is 338 Å². The van der Waals surface area contributed by atoms with Crippen molar-refractivity contribution in [2.75, 3.05) is 32.8 Å². The van der Waals surface area contributed by atoms with Gasteiger partial charge in [-0.3, -0.25) is 64.4 Å². The molecule has 28 heteroatoms. The van der Waals surface area contributed by atoms with Gasteiger partial charge >= 0.3 is 23.9 Å². The molecule has 5 N–H and O–H groups in total. The smallest absolute Gasteiger partial charge is 0.313 e. The third-order valence-corrected chi connectivity index (χ3v) is 7.90. The molecule has 1 aromatic heterocycles. The van der Waals surface area contributed by atoms with Crippen molar-refractivity contribution in [1.82, 2.24) is 0 Å². The topological polar surface area (TPSA) is 418 Å². The molecule has 0 saturated carbocycles. The van der Waals surface area contributed by atoms with E-state index in [1.54, 1.807) is 0 Å². The van der Waals surface area contributed by atoms with Crippen LogP contribution in [0.5, 0.6) is 23.0 Å². The Kier molecular flexibility index (Phi) is 17.1. The van der Waals surface area contributed by atoms with Crippen LogP contribution < -0.4 is 5.43 Å². The number of aliphatic hydroxyl groups is 1. The minimum atomic E-state index is -2.22. The van der Waals surface area contributed by atoms with Crippen LogP contribution in [0.3, 0.4) is 0 Å². The molecule has 1 aliphatic rings. The molecule has 3 aromatic rings. The zero-order valence-electron chi connectivity index (χ0n) is 31.0. The van der Waals surface area contributed by atoms with Crippen LogP contribution in [-0.2, 0) is 42.9 Å². The Morgan fingerprint density at radius 1 is 0.639 bits per heavy atom. The van der Waals surface area contributed by atoms with E-state index in [0.717, 1.165) is 6.07 Å². The molecule has 5 unspecified atom stereocenters. The monoisotopic (exact) mass is 870 g/mol. The van der Waals surface area contributed by atoms with Gasteiger partial charge in [0, 0.05) is 31.3 Å². The highest BCUT2D eigenvalue weighted by Gasteiger charge is 2.52. The van der Waals surface area contributed by atoms with Crippen LogP contribution in [0.25, 0.3) is 22.3 Å². The molecule has 2 aromatic carbocycles. The first-order chi connectivity index (χ1) is 28.7. The standard InChI is InChI=1S/C18H24N4O18.C15H10O6/c23-11(1-5-19(28)29)36-9-10-15(38-12(24)2-6-20(30)31)16(39-13(25)3-7-21(32)33)17(18(27)37-10)40-14(26)4-8-22(34)35;16-8-2-3-9-12(6-8)21-15(14(20)13(9)19)7-1-4-10(17)11(18)5-7/h10,15-18,27H,1-9H2;1-6,16-18,20H. The molecule has 1 saturated heterocycles. The number of hydrogen-bond donors (Lipinski definition) is 5. The van der Waals surface area contributed by atoms with Crippen LogP contribution in [0.2, 0.25) is 0 Å². The Morgan fingerprint density at radius 3 is 1.64 bits per heavy atom. The first-order valence-corrected chi connectivity index (χ1v) is 17.2. The number of fused-ring (bicyclic) bond motifs is 1. The van der Waals surface area contributed by atoms with Gasteiger partial charge in [-0.25, -0.2) is 0 Å². The number of carbonyl (C=O) groups excluding carboxylic acids is 4. The number of carbonyl (C=O) groups is 4. The Bertz CT molecular complexity index is 2210. The van der Waals surface area contributed by atoms with Gasteiger partial charge in [-0.1, -0.05) is 0 Å². The summed E-state index contributed by atoms with van der Waals surface area (Å²) < 4.78 is 30.5. The Morgan fingerprint density at radius 2 is 1.13 bits per heavy atom. The lowest BCUT2D eigenvalue weighted by Crippen LogP contribution is -2.62. The number of nitro groups is 4. The summed E-state index contributed by atoms with van der Waals surface area (Å²) in [5.74, 6) is -6.67. The van der Waals surface area contributed by atoms with Gasteiger partial charge < -0.3 is 53.6 Å². The van der Waals surface area contributed by atoms with Crippen molar-refractivity contribution in [1.29, 1.82) is 0 Å². The number of hydrogen-bond acceptors (Lipinski definition) is 24. The van der Waals surface area contributed by atoms with E-state index < -0.39 is 150 Å². The van der Waals surface area contributed by atoms with E-state index in [0.29, 0.717) is 0 Å². The summed E-state index contributed by atoms with van der Waals surface area (Å²) in [7, 11) is 0. The van der Waals surface area contributed by atoms with Gasteiger partial charge in [0.1, 0.15) is 49.7 Å². The maximum atomic E-state index is 12.3. The van der Waals surface area contributed by atoms with Gasteiger partial charge in [0.25, 0.3) is 0 Å². The molecule has 0 radical (unpaired) electrons. The minimum Gasteiger partial charge on any atom is -0.508 e. The summed E-state index contributed by atoms with van der Waals surface area (Å²) in [5, 5.41) is 91.0. The molecule has 2 heterocycles. The SMILES string of the molecule is O=C(CC[N+](=O)[O-])OCC1OC(O)C(OC(=O)CC[N+](=O)[O-])C(OC(=O)CC[N+](=O)[O-])C1OC(=O)CC[N+](=O)[O-].O=c1c(O)c(-c2ccc(O)c(O)c2)oc2cc(O)ccc12. The predicted octanol–water partition coefficient (Wildman–Crippen LogP) is -0.0682. The van der Waals surface area contributed by atoms with Crippen LogP contribution >= 0.6 is 0 Å². The quantitative estimate of drug-likeness (QED) is 0.0367. The fourth-order valence-corrected chi connectivity index (χ4v) is 5.07. The molecule has 61 heavy (non-hydrogen) atoms. The number of phenols is 3. The average molecular weight is 871 g/mol. The summed E-state index contributed by atoms with van der Waals surface area (Å²) >= 11 is 0. The molecule has 1 fully saturated rings. The summed E-state index contributed by atoms with van der Waals surface area (Å²) in [6.07, 6.45) is -13.2. The normalized spacial score (nSPS) is 18.1. The number of rotatable bonds is 18. The maximum Gasteiger partial charge on any atom is 0.313 e. The minimum absolute atomic E-state index is 0.0872. The first-order valence-electron chi connectivity index (χ1n) is 17.2. The van der Waals surface area contributed by atoms with Crippen molar-refractivity contribution in [3.63, 3.8) is 0 Å². The zero-order valence-corrected chi connectivity index (χ0v) is 31.0. The highest BCUT2D eigenvalue weighted by atomic mass is 16.7. The van der Waals surface area contributed by atoms with E-state index in [1.807, 2.05) is 0 Å². The second-order valence-corrected chi connectivity index (χ2v) is 12.3. The molecule has 0 aliphatic carbocycles. The molecule has 0 bridgehead atoms. The maximum absolute atomic E-state index is 12.3. The third kappa shape index (κ3) is 14.5. The van der Waals surface area contributed by atoms with E-state index in [-0.39, 0.29) is 33.8 Å². The molecule has 5 atom stereocenters. The molecule has 4 rings (SSSR count). The predicted molar refractivity (Wildman–Crippen MR) is 192 cm³/mol. The Hall–Kier alpha value is -7.75. The number of benzene rings is 2. The lowest BCUT2D eigenvalue weighted by atomic mass is 9.98. The van der Waals surface area contributed by atoms with Crippen LogP contribution in [0.15, 0.2) is 45.6 Å². The van der Waals surface area contributed by atoms with E-state index in [4.69, 9.17) is 28.1 Å².